The second-order valence-electron chi connectivity index (χ2n) is 3.47. The molecule has 1 aromatic rings. The van der Waals surface area contributed by atoms with E-state index >= 15 is 0 Å². The van der Waals surface area contributed by atoms with Crippen molar-refractivity contribution >= 4 is 5.69 Å². The molecule has 4 heteroatoms. The van der Waals surface area contributed by atoms with Crippen LogP contribution in [0.15, 0.2) is 24.3 Å². The maximum Gasteiger partial charge on any atom is 0.199 e. The van der Waals surface area contributed by atoms with Crippen molar-refractivity contribution in [1.82, 2.24) is 5.32 Å². The molecule has 0 amide bonds. The molecule has 0 saturated carbocycles. The number of hydrogen-bond donors (Lipinski definition) is 2. The normalized spacial score (nSPS) is 23.9. The van der Waals surface area contributed by atoms with E-state index in [0.717, 1.165) is 11.3 Å². The lowest BCUT2D eigenvalue weighted by Crippen LogP contribution is -2.14. The Morgan fingerprint density at radius 3 is 2.53 bits per heavy atom. The lowest BCUT2D eigenvalue weighted by molar-refractivity contribution is 0.0385. The van der Waals surface area contributed by atoms with Gasteiger partial charge in [-0.1, -0.05) is 12.1 Å². The van der Waals surface area contributed by atoms with Gasteiger partial charge in [0.1, 0.15) is 0 Å². The Balaban J connectivity index is 1.79. The first-order chi connectivity index (χ1) is 7.33. The summed E-state index contributed by atoms with van der Waals surface area (Å²) in [6.45, 7) is 0.590. The molecule has 2 atom stereocenters. The molecule has 2 unspecified atom stereocenters. The largest absolute Gasteiger partial charge is 0.388 e. The molecule has 15 heavy (non-hydrogen) atoms. The second-order valence-corrected chi connectivity index (χ2v) is 3.47. The van der Waals surface area contributed by atoms with Gasteiger partial charge >= 0.3 is 0 Å². The van der Waals surface area contributed by atoms with Gasteiger partial charge in [-0.15, -0.1) is 0 Å². The Morgan fingerprint density at radius 2 is 2.00 bits per heavy atom. The van der Waals surface area contributed by atoms with Crippen LogP contribution in [0.25, 0.3) is 0 Å². The first-order valence-electron chi connectivity index (χ1n) is 5.04. The van der Waals surface area contributed by atoms with E-state index in [1.165, 1.54) is 0 Å². The molecule has 4 nitrogen and oxygen atoms in total. The number of nitrogens with one attached hydrogen (secondary N) is 2. The number of rotatable bonds is 5. The van der Waals surface area contributed by atoms with Crippen LogP contribution in [0.3, 0.4) is 0 Å². The molecule has 0 aliphatic carbocycles. The van der Waals surface area contributed by atoms with E-state index in [0.29, 0.717) is 6.61 Å². The van der Waals surface area contributed by atoms with E-state index in [2.05, 4.69) is 10.6 Å². The summed E-state index contributed by atoms with van der Waals surface area (Å²) in [5.41, 5.74) is 2.26. The lowest BCUT2D eigenvalue weighted by Gasteiger charge is -2.03. The molecule has 0 aromatic heterocycles. The van der Waals surface area contributed by atoms with Crippen LogP contribution in [-0.2, 0) is 16.1 Å². The summed E-state index contributed by atoms with van der Waals surface area (Å²) in [5.74, 6) is 0. The van der Waals surface area contributed by atoms with Gasteiger partial charge in [0.2, 0.25) is 0 Å². The second kappa shape index (κ2) is 4.61. The van der Waals surface area contributed by atoms with Gasteiger partial charge in [0, 0.05) is 12.7 Å². The molecule has 2 rings (SSSR count). The van der Waals surface area contributed by atoms with Crippen molar-refractivity contribution in [2.45, 2.75) is 19.1 Å². The van der Waals surface area contributed by atoms with Gasteiger partial charge < -0.3 is 14.8 Å². The zero-order valence-electron chi connectivity index (χ0n) is 8.99. The highest BCUT2D eigenvalue weighted by atomic mass is 16.8. The molecule has 0 radical (unpaired) electrons. The molecule has 1 aliphatic rings. The molecule has 0 spiro atoms. The van der Waals surface area contributed by atoms with E-state index in [9.17, 15) is 0 Å². The predicted octanol–water partition coefficient (Wildman–Crippen LogP) is 1.15. The quantitative estimate of drug-likeness (QED) is 0.712. The van der Waals surface area contributed by atoms with Crippen LogP contribution in [0.5, 0.6) is 0 Å². The number of anilines is 1. The van der Waals surface area contributed by atoms with Crippen molar-refractivity contribution in [3.63, 3.8) is 0 Å². The molecule has 0 bridgehead atoms. The average molecular weight is 208 g/mol. The molecule has 82 valence electrons. The predicted molar refractivity (Wildman–Crippen MR) is 58.5 cm³/mol. The van der Waals surface area contributed by atoms with Gasteiger partial charge in [-0.25, -0.2) is 0 Å². The summed E-state index contributed by atoms with van der Waals surface area (Å²) >= 11 is 0. The molecular formula is C11H16N2O2. The molecular weight excluding hydrogens is 192 g/mol. The summed E-state index contributed by atoms with van der Waals surface area (Å²) in [7, 11) is 3.76. The maximum atomic E-state index is 5.51. The van der Waals surface area contributed by atoms with Crippen LogP contribution < -0.4 is 10.6 Å². The van der Waals surface area contributed by atoms with Crippen molar-refractivity contribution in [3.05, 3.63) is 29.8 Å². The number of ether oxygens (including phenoxy) is 2. The van der Waals surface area contributed by atoms with Crippen LogP contribution in [0, 0.1) is 0 Å². The minimum absolute atomic E-state index is 0.0709. The van der Waals surface area contributed by atoms with Gasteiger partial charge in [-0.05, 0) is 24.7 Å². The van der Waals surface area contributed by atoms with Gasteiger partial charge in [-0.3, -0.25) is 5.32 Å². The third-order valence-electron chi connectivity index (χ3n) is 2.39. The van der Waals surface area contributed by atoms with E-state index in [4.69, 9.17) is 9.47 Å². The van der Waals surface area contributed by atoms with Crippen molar-refractivity contribution in [1.29, 1.82) is 0 Å². The lowest BCUT2D eigenvalue weighted by atomic mass is 10.2. The van der Waals surface area contributed by atoms with Crippen LogP contribution in [0.4, 0.5) is 5.69 Å². The summed E-state index contributed by atoms with van der Waals surface area (Å²) in [6.07, 6.45) is -0.0134. The molecule has 1 aromatic carbocycles. The van der Waals surface area contributed by atoms with Gasteiger partial charge in [0.05, 0.1) is 6.61 Å². The minimum Gasteiger partial charge on any atom is -0.388 e. The van der Waals surface area contributed by atoms with E-state index in [1.54, 1.807) is 0 Å². The van der Waals surface area contributed by atoms with Crippen molar-refractivity contribution in [2.75, 3.05) is 19.4 Å². The third kappa shape index (κ3) is 2.68. The SMILES string of the molecule is CNc1ccc(COC2OC2NC)cc1. The number of epoxide rings is 1. The van der Waals surface area contributed by atoms with E-state index in [1.807, 2.05) is 38.4 Å². The standard InChI is InChI=1S/C11H16N2O2/c1-12-9-5-3-8(4-6-9)7-14-11-10(13-2)15-11/h3-6,10-13H,7H2,1-2H3. The Bertz CT molecular complexity index is 313. The summed E-state index contributed by atoms with van der Waals surface area (Å²) < 4.78 is 10.7. The Hall–Kier alpha value is -1.10. The third-order valence-corrected chi connectivity index (χ3v) is 2.39. The highest BCUT2D eigenvalue weighted by molar-refractivity contribution is 5.43. The van der Waals surface area contributed by atoms with Crippen LogP contribution in [0.1, 0.15) is 5.56 Å². The van der Waals surface area contributed by atoms with Gasteiger partial charge in [0.15, 0.2) is 12.5 Å². The van der Waals surface area contributed by atoms with Crippen molar-refractivity contribution in [3.8, 4) is 0 Å². The van der Waals surface area contributed by atoms with Gasteiger partial charge in [-0.2, -0.15) is 0 Å². The summed E-state index contributed by atoms with van der Waals surface area (Å²) in [5, 5.41) is 6.06. The van der Waals surface area contributed by atoms with E-state index in [-0.39, 0.29) is 12.5 Å². The zero-order valence-corrected chi connectivity index (χ0v) is 8.99. The fourth-order valence-corrected chi connectivity index (χ4v) is 1.38. The monoisotopic (exact) mass is 208 g/mol. The number of hydrogen-bond acceptors (Lipinski definition) is 4. The Kier molecular flexibility index (Phi) is 3.20. The maximum absolute atomic E-state index is 5.51. The van der Waals surface area contributed by atoms with Crippen molar-refractivity contribution in [2.24, 2.45) is 0 Å². The first kappa shape index (κ1) is 10.4. The minimum atomic E-state index is -0.0843. The van der Waals surface area contributed by atoms with Crippen molar-refractivity contribution < 1.29 is 9.47 Å². The number of likely N-dealkylation sites (N-methyl/N-ethyl adjacent to an activating group) is 1. The van der Waals surface area contributed by atoms with Crippen LogP contribution in [0.2, 0.25) is 0 Å². The molecule has 1 aliphatic heterocycles. The van der Waals surface area contributed by atoms with Gasteiger partial charge in [0.25, 0.3) is 0 Å². The first-order valence-corrected chi connectivity index (χ1v) is 5.04. The highest BCUT2D eigenvalue weighted by Gasteiger charge is 2.38. The fourth-order valence-electron chi connectivity index (χ4n) is 1.38. The summed E-state index contributed by atoms with van der Waals surface area (Å²) in [4.78, 5) is 0. The molecule has 1 heterocycles. The highest BCUT2D eigenvalue weighted by Crippen LogP contribution is 2.21. The van der Waals surface area contributed by atoms with E-state index < -0.39 is 0 Å². The Morgan fingerprint density at radius 1 is 1.27 bits per heavy atom. The smallest absolute Gasteiger partial charge is 0.199 e. The number of benzene rings is 1. The zero-order chi connectivity index (χ0) is 10.7. The average Bonchev–Trinajstić information content (AvgIpc) is 3.06. The molecule has 1 fully saturated rings. The molecule has 2 N–H and O–H groups in total. The fraction of sp³-hybridized carbons (Fsp3) is 0.455. The van der Waals surface area contributed by atoms with Crippen LogP contribution in [-0.4, -0.2) is 26.6 Å². The molecule has 1 saturated heterocycles. The Labute approximate surface area is 89.6 Å². The topological polar surface area (TPSA) is 45.8 Å². The van der Waals surface area contributed by atoms with Crippen LogP contribution >= 0.6 is 0 Å². The summed E-state index contributed by atoms with van der Waals surface area (Å²) in [6, 6.07) is 8.15.